The molecule has 6 heteroatoms. The maximum absolute atomic E-state index is 13.8. The fraction of sp³-hybridized carbons (Fsp3) is 0.429. The summed E-state index contributed by atoms with van der Waals surface area (Å²) >= 11 is 1.45. The van der Waals surface area contributed by atoms with Gasteiger partial charge in [0.15, 0.2) is 0 Å². The highest BCUT2D eigenvalue weighted by molar-refractivity contribution is 7.99. The molecular weight excluding hydrogens is 275 g/mol. The van der Waals surface area contributed by atoms with Crippen LogP contribution in [0.3, 0.4) is 0 Å². The third-order valence-electron chi connectivity index (χ3n) is 3.05. The lowest BCUT2D eigenvalue weighted by atomic mass is 10.1. The minimum Gasteiger partial charge on any atom is -0.310 e. The van der Waals surface area contributed by atoms with Crippen molar-refractivity contribution in [1.29, 1.82) is 0 Å². The van der Waals surface area contributed by atoms with E-state index in [1.807, 2.05) is 26.8 Å². The van der Waals surface area contributed by atoms with Crippen molar-refractivity contribution < 1.29 is 4.39 Å². The van der Waals surface area contributed by atoms with E-state index in [4.69, 9.17) is 0 Å². The molecule has 1 atom stereocenters. The summed E-state index contributed by atoms with van der Waals surface area (Å²) in [7, 11) is 0. The van der Waals surface area contributed by atoms with Gasteiger partial charge in [-0.25, -0.2) is 9.37 Å². The minimum atomic E-state index is -0.180. The molecule has 1 aromatic heterocycles. The van der Waals surface area contributed by atoms with Gasteiger partial charge in [-0.15, -0.1) is 5.10 Å². The summed E-state index contributed by atoms with van der Waals surface area (Å²) < 4.78 is 13.8. The van der Waals surface area contributed by atoms with E-state index in [9.17, 15) is 4.39 Å². The molecule has 0 fully saturated rings. The third-order valence-corrected chi connectivity index (χ3v) is 3.98. The Morgan fingerprint density at radius 2 is 2.15 bits per heavy atom. The smallest absolute Gasteiger partial charge is 0.213 e. The molecule has 108 valence electrons. The van der Waals surface area contributed by atoms with Crippen molar-refractivity contribution in [2.45, 2.75) is 43.8 Å². The minimum absolute atomic E-state index is 0.0811. The van der Waals surface area contributed by atoms with Crippen LogP contribution in [0.15, 0.2) is 22.2 Å². The fourth-order valence-electron chi connectivity index (χ4n) is 1.98. The first kappa shape index (κ1) is 15.0. The Labute approximate surface area is 122 Å². The Morgan fingerprint density at radius 1 is 1.40 bits per heavy atom. The highest BCUT2D eigenvalue weighted by Gasteiger charge is 2.15. The van der Waals surface area contributed by atoms with Gasteiger partial charge in [0.25, 0.3) is 0 Å². The van der Waals surface area contributed by atoms with Crippen LogP contribution < -0.4 is 5.32 Å². The van der Waals surface area contributed by atoms with Crippen molar-refractivity contribution in [2.75, 3.05) is 6.54 Å². The molecule has 0 aliphatic carbocycles. The van der Waals surface area contributed by atoms with Crippen LogP contribution in [0.4, 0.5) is 4.39 Å². The van der Waals surface area contributed by atoms with Crippen LogP contribution in [0.5, 0.6) is 0 Å². The van der Waals surface area contributed by atoms with E-state index in [0.29, 0.717) is 10.7 Å². The average molecular weight is 294 g/mol. The molecule has 1 heterocycles. The van der Waals surface area contributed by atoms with Crippen molar-refractivity contribution in [1.82, 2.24) is 20.5 Å². The van der Waals surface area contributed by atoms with E-state index < -0.39 is 0 Å². The first-order valence-electron chi connectivity index (χ1n) is 6.61. The van der Waals surface area contributed by atoms with E-state index in [-0.39, 0.29) is 11.9 Å². The number of nitrogens with zero attached hydrogens (tertiary/aromatic N) is 2. The van der Waals surface area contributed by atoms with E-state index in [2.05, 4.69) is 20.5 Å². The van der Waals surface area contributed by atoms with E-state index in [1.165, 1.54) is 11.8 Å². The molecule has 0 saturated carbocycles. The number of halogens is 1. The van der Waals surface area contributed by atoms with Gasteiger partial charge in [-0.05, 0) is 62.3 Å². The summed E-state index contributed by atoms with van der Waals surface area (Å²) in [6, 6.07) is 3.54. The van der Waals surface area contributed by atoms with Gasteiger partial charge >= 0.3 is 0 Å². The van der Waals surface area contributed by atoms with Crippen molar-refractivity contribution in [3.63, 3.8) is 0 Å². The van der Waals surface area contributed by atoms with Gasteiger partial charge in [0, 0.05) is 10.9 Å². The number of benzene rings is 1. The molecule has 0 amide bonds. The fourth-order valence-corrected chi connectivity index (χ4v) is 3.04. The number of rotatable bonds is 5. The van der Waals surface area contributed by atoms with Gasteiger partial charge < -0.3 is 5.32 Å². The van der Waals surface area contributed by atoms with Crippen LogP contribution in [0, 0.1) is 19.7 Å². The molecule has 0 radical (unpaired) electrons. The zero-order valence-corrected chi connectivity index (χ0v) is 12.9. The first-order valence-corrected chi connectivity index (χ1v) is 7.43. The van der Waals surface area contributed by atoms with Crippen LogP contribution in [0.1, 0.15) is 36.8 Å². The van der Waals surface area contributed by atoms with Gasteiger partial charge in [0.1, 0.15) is 11.6 Å². The van der Waals surface area contributed by atoms with Crippen molar-refractivity contribution in [2.24, 2.45) is 0 Å². The number of aromatic nitrogens is 3. The van der Waals surface area contributed by atoms with Gasteiger partial charge in [0.2, 0.25) is 5.16 Å². The van der Waals surface area contributed by atoms with Crippen LogP contribution in [0.2, 0.25) is 0 Å². The second-order valence-electron chi connectivity index (χ2n) is 4.72. The summed E-state index contributed by atoms with van der Waals surface area (Å²) in [5.41, 5.74) is 1.56. The zero-order valence-electron chi connectivity index (χ0n) is 12.1. The molecule has 0 bridgehead atoms. The van der Waals surface area contributed by atoms with Gasteiger partial charge in [-0.1, -0.05) is 6.92 Å². The second-order valence-corrected chi connectivity index (χ2v) is 5.73. The molecule has 4 nitrogen and oxygen atoms in total. The average Bonchev–Trinajstić information content (AvgIpc) is 2.79. The Bertz CT molecular complexity index is 597. The summed E-state index contributed by atoms with van der Waals surface area (Å²) in [5.74, 6) is 0.591. The highest BCUT2D eigenvalue weighted by atomic mass is 32.2. The molecule has 20 heavy (non-hydrogen) atoms. The summed E-state index contributed by atoms with van der Waals surface area (Å²) in [4.78, 5) is 5.27. The van der Waals surface area contributed by atoms with Crippen molar-refractivity contribution >= 4 is 11.8 Å². The Balaban J connectivity index is 2.36. The highest BCUT2D eigenvalue weighted by Crippen LogP contribution is 2.33. The number of aromatic amines is 1. The maximum atomic E-state index is 13.8. The largest absolute Gasteiger partial charge is 0.310 e. The van der Waals surface area contributed by atoms with Crippen LogP contribution >= 0.6 is 11.8 Å². The monoisotopic (exact) mass is 294 g/mol. The van der Waals surface area contributed by atoms with Gasteiger partial charge in [-0.2, -0.15) is 0 Å². The lowest BCUT2D eigenvalue weighted by Crippen LogP contribution is -2.18. The van der Waals surface area contributed by atoms with E-state index in [0.717, 1.165) is 22.8 Å². The molecule has 2 aromatic rings. The van der Waals surface area contributed by atoms with E-state index in [1.54, 1.807) is 13.0 Å². The van der Waals surface area contributed by atoms with Crippen LogP contribution in [0.25, 0.3) is 0 Å². The number of nitrogens with one attached hydrogen (secondary N) is 2. The quantitative estimate of drug-likeness (QED) is 0.887. The number of hydrogen-bond acceptors (Lipinski definition) is 4. The standard InChI is InChI=1S/C14H19FN4S/c1-5-16-9(3)11-7-12(15)8(2)6-13(11)20-14-17-10(4)18-19-14/h6-7,9,16H,5H2,1-4H3,(H,17,18,19). The lowest BCUT2D eigenvalue weighted by molar-refractivity contribution is 0.571. The molecule has 2 rings (SSSR count). The Morgan fingerprint density at radius 3 is 2.75 bits per heavy atom. The predicted octanol–water partition coefficient (Wildman–Crippen LogP) is 3.38. The predicted molar refractivity (Wildman–Crippen MR) is 78.5 cm³/mol. The van der Waals surface area contributed by atoms with E-state index >= 15 is 0 Å². The molecule has 0 aliphatic rings. The van der Waals surface area contributed by atoms with Crippen molar-refractivity contribution in [3.8, 4) is 0 Å². The molecular formula is C14H19FN4S. The van der Waals surface area contributed by atoms with Gasteiger partial charge in [0.05, 0.1) is 0 Å². The Hall–Kier alpha value is -1.40. The summed E-state index contributed by atoms with van der Waals surface area (Å²) in [6.07, 6.45) is 0. The molecule has 1 aromatic carbocycles. The van der Waals surface area contributed by atoms with Gasteiger partial charge in [-0.3, -0.25) is 5.10 Å². The normalized spacial score (nSPS) is 12.7. The number of H-pyrrole nitrogens is 1. The molecule has 0 saturated heterocycles. The molecule has 0 aliphatic heterocycles. The SMILES string of the molecule is CCNC(C)c1cc(F)c(C)cc1Sc1n[nH]c(C)n1. The molecule has 1 unspecified atom stereocenters. The van der Waals surface area contributed by atoms with Crippen LogP contribution in [-0.2, 0) is 0 Å². The summed E-state index contributed by atoms with van der Waals surface area (Å²) in [6.45, 7) is 8.52. The topological polar surface area (TPSA) is 53.6 Å². The number of aryl methyl sites for hydroxylation is 2. The maximum Gasteiger partial charge on any atom is 0.213 e. The third kappa shape index (κ3) is 3.37. The zero-order chi connectivity index (χ0) is 14.7. The second kappa shape index (κ2) is 6.37. The van der Waals surface area contributed by atoms with Crippen molar-refractivity contribution in [3.05, 3.63) is 34.9 Å². The lowest BCUT2D eigenvalue weighted by Gasteiger charge is -2.17. The van der Waals surface area contributed by atoms with Crippen LogP contribution in [-0.4, -0.2) is 21.7 Å². The number of hydrogen-bond donors (Lipinski definition) is 2. The summed E-state index contributed by atoms with van der Waals surface area (Å²) in [5, 5.41) is 10.9. The first-order chi connectivity index (χ1) is 9.51. The molecule has 2 N–H and O–H groups in total. The molecule has 0 spiro atoms. The Kier molecular flexibility index (Phi) is 4.77.